The van der Waals surface area contributed by atoms with Gasteiger partial charge in [-0.3, -0.25) is 4.79 Å². The molecule has 7 nitrogen and oxygen atoms in total. The molecule has 1 amide bonds. The molecule has 0 N–H and O–H groups in total. The lowest BCUT2D eigenvalue weighted by atomic mass is 9.97. The highest BCUT2D eigenvalue weighted by atomic mass is 19.1. The summed E-state index contributed by atoms with van der Waals surface area (Å²) in [6.07, 6.45) is 0.902. The maximum Gasteiger partial charge on any atom is 0.274 e. The normalized spacial score (nSPS) is 21.7. The number of carbonyl (C=O) groups is 1. The van der Waals surface area contributed by atoms with Crippen LogP contribution in [0.2, 0.25) is 0 Å². The van der Waals surface area contributed by atoms with Gasteiger partial charge in [-0.1, -0.05) is 0 Å². The number of nitrogens with zero attached hydrogens (tertiary/aromatic N) is 4. The average Bonchev–Trinajstić information content (AvgIpc) is 3.04. The third-order valence-electron chi connectivity index (χ3n) is 4.66. The number of aromatic nitrogens is 3. The van der Waals surface area contributed by atoms with Crippen molar-refractivity contribution >= 4 is 11.6 Å². The summed E-state index contributed by atoms with van der Waals surface area (Å²) >= 11 is 0. The first-order valence-corrected chi connectivity index (χ1v) is 7.83. The number of amides is 1. The first kappa shape index (κ1) is 14.2. The van der Waals surface area contributed by atoms with Crippen LogP contribution in [0.15, 0.2) is 36.5 Å². The number of benzene rings is 1. The zero-order chi connectivity index (χ0) is 17.1. The molecular formula is C17H13FN4O3. The highest BCUT2D eigenvalue weighted by Gasteiger charge is 2.39. The van der Waals surface area contributed by atoms with Gasteiger partial charge in [-0.05, 0) is 24.3 Å². The first-order chi connectivity index (χ1) is 12.1. The third kappa shape index (κ3) is 2.00. The second kappa shape index (κ2) is 4.92. The molecule has 4 heterocycles. The Morgan fingerprint density at radius 2 is 2.16 bits per heavy atom. The Hall–Kier alpha value is -3.16. The topological polar surface area (TPSA) is 69.0 Å². The van der Waals surface area contributed by atoms with E-state index in [1.807, 2.05) is 0 Å². The van der Waals surface area contributed by atoms with Gasteiger partial charge < -0.3 is 14.4 Å². The second-order valence-corrected chi connectivity index (χ2v) is 6.10. The molecule has 0 saturated heterocycles. The van der Waals surface area contributed by atoms with Crippen molar-refractivity contribution in [3.05, 3.63) is 53.6 Å². The van der Waals surface area contributed by atoms with Crippen molar-refractivity contribution in [2.45, 2.75) is 12.1 Å². The van der Waals surface area contributed by atoms with Gasteiger partial charge in [0, 0.05) is 18.7 Å². The maximum atomic E-state index is 13.8. The molecule has 3 aromatic rings. The quantitative estimate of drug-likeness (QED) is 0.625. The lowest BCUT2D eigenvalue weighted by Gasteiger charge is -2.37. The Labute approximate surface area is 141 Å². The molecule has 0 radical (unpaired) electrons. The molecule has 5 rings (SSSR count). The van der Waals surface area contributed by atoms with Crippen LogP contribution in [0.3, 0.4) is 0 Å². The number of fused-ring (bicyclic) bond motifs is 4. The molecule has 0 fully saturated rings. The van der Waals surface area contributed by atoms with Gasteiger partial charge >= 0.3 is 0 Å². The Morgan fingerprint density at radius 1 is 1.28 bits per heavy atom. The summed E-state index contributed by atoms with van der Waals surface area (Å²) in [5.74, 6) is 0.243. The zero-order valence-corrected chi connectivity index (χ0v) is 13.2. The van der Waals surface area contributed by atoms with E-state index in [9.17, 15) is 9.18 Å². The largest absolute Gasteiger partial charge is 0.491 e. The molecule has 2 bridgehead atoms. The van der Waals surface area contributed by atoms with Gasteiger partial charge in [-0.2, -0.15) is 0 Å². The van der Waals surface area contributed by atoms with E-state index in [0.717, 1.165) is 0 Å². The fourth-order valence-corrected chi connectivity index (χ4v) is 3.33. The van der Waals surface area contributed by atoms with Gasteiger partial charge in [0.2, 0.25) is 5.88 Å². The van der Waals surface area contributed by atoms with Gasteiger partial charge in [0.05, 0.1) is 6.20 Å². The number of ether oxygens (including phenoxy) is 2. The molecule has 2 unspecified atom stereocenters. The van der Waals surface area contributed by atoms with Crippen LogP contribution >= 0.6 is 0 Å². The second-order valence-electron chi connectivity index (χ2n) is 6.10. The van der Waals surface area contributed by atoms with E-state index in [1.54, 1.807) is 30.1 Å². The summed E-state index contributed by atoms with van der Waals surface area (Å²) in [5, 5.41) is 4.36. The number of hydrogen-bond donors (Lipinski definition) is 0. The lowest BCUT2D eigenvalue weighted by molar-refractivity contribution is 0.0244. The SMILES string of the molecule is CN1C(=O)c2cnc3ccc(nn23)OC2c3cc(F)ccc3OCC21. The van der Waals surface area contributed by atoms with E-state index in [2.05, 4.69) is 10.1 Å². The van der Waals surface area contributed by atoms with E-state index in [4.69, 9.17) is 9.47 Å². The van der Waals surface area contributed by atoms with E-state index in [-0.39, 0.29) is 18.3 Å². The van der Waals surface area contributed by atoms with Crippen molar-refractivity contribution in [1.82, 2.24) is 19.5 Å². The maximum absolute atomic E-state index is 13.8. The van der Waals surface area contributed by atoms with E-state index in [0.29, 0.717) is 28.5 Å². The minimum Gasteiger partial charge on any atom is -0.491 e. The minimum absolute atomic E-state index is 0.240. The van der Waals surface area contributed by atoms with Crippen molar-refractivity contribution in [2.24, 2.45) is 0 Å². The molecule has 8 heteroatoms. The van der Waals surface area contributed by atoms with Crippen LogP contribution in [0.5, 0.6) is 11.6 Å². The summed E-state index contributed by atoms with van der Waals surface area (Å²) in [6, 6.07) is 7.28. The number of imidazole rings is 1. The molecule has 25 heavy (non-hydrogen) atoms. The van der Waals surface area contributed by atoms with Crippen molar-refractivity contribution in [1.29, 1.82) is 0 Å². The van der Waals surface area contributed by atoms with Crippen molar-refractivity contribution in [3.8, 4) is 11.6 Å². The molecule has 2 atom stereocenters. The first-order valence-electron chi connectivity index (χ1n) is 7.83. The van der Waals surface area contributed by atoms with E-state index >= 15 is 0 Å². The Kier molecular flexibility index (Phi) is 2.79. The summed E-state index contributed by atoms with van der Waals surface area (Å²) in [6.45, 7) is 0.240. The number of hydrogen-bond acceptors (Lipinski definition) is 5. The average molecular weight is 340 g/mol. The third-order valence-corrected chi connectivity index (χ3v) is 4.66. The van der Waals surface area contributed by atoms with Crippen LogP contribution in [0.1, 0.15) is 22.2 Å². The van der Waals surface area contributed by atoms with Crippen molar-refractivity contribution in [2.75, 3.05) is 13.7 Å². The van der Waals surface area contributed by atoms with Crippen LogP contribution < -0.4 is 9.47 Å². The van der Waals surface area contributed by atoms with E-state index < -0.39 is 12.1 Å². The fourth-order valence-electron chi connectivity index (χ4n) is 3.33. The standard InChI is InChI=1S/C17H13FN4O3/c1-21-12-8-24-13-3-2-9(18)6-10(13)16(12)25-15-5-4-14-19-7-11(17(21)23)22(14)20-15/h2-7,12,16H,8H2,1H3. The summed E-state index contributed by atoms with van der Waals surface area (Å²) in [7, 11) is 1.67. The summed E-state index contributed by atoms with van der Waals surface area (Å²) < 4.78 is 27.1. The molecule has 0 aliphatic carbocycles. The molecule has 2 aliphatic rings. The Morgan fingerprint density at radius 3 is 3.04 bits per heavy atom. The van der Waals surface area contributed by atoms with Crippen LogP contribution in [-0.2, 0) is 0 Å². The highest BCUT2D eigenvalue weighted by Crippen LogP contribution is 2.38. The Balaban J connectivity index is 1.71. The van der Waals surface area contributed by atoms with Gasteiger partial charge in [-0.15, -0.1) is 5.10 Å². The molecular weight excluding hydrogens is 327 g/mol. The van der Waals surface area contributed by atoms with Crippen molar-refractivity contribution < 1.29 is 18.7 Å². The zero-order valence-electron chi connectivity index (χ0n) is 13.2. The van der Waals surface area contributed by atoms with E-state index in [1.165, 1.54) is 22.8 Å². The number of likely N-dealkylation sites (N-methyl/N-ethyl adjacent to an activating group) is 1. The molecule has 0 spiro atoms. The van der Waals surface area contributed by atoms with Gasteiger partial charge in [0.15, 0.2) is 17.4 Å². The lowest BCUT2D eigenvalue weighted by Crippen LogP contribution is -2.48. The Bertz CT molecular complexity index is 1020. The molecule has 126 valence electrons. The molecule has 1 aromatic carbocycles. The van der Waals surface area contributed by atoms with Crippen molar-refractivity contribution in [3.63, 3.8) is 0 Å². The highest BCUT2D eigenvalue weighted by molar-refractivity contribution is 5.93. The minimum atomic E-state index is -0.587. The molecule has 2 aromatic heterocycles. The van der Waals surface area contributed by atoms with Crippen LogP contribution in [-0.4, -0.2) is 45.1 Å². The number of carbonyl (C=O) groups excluding carboxylic acids is 1. The van der Waals surface area contributed by atoms with Gasteiger partial charge in [-0.25, -0.2) is 13.9 Å². The smallest absolute Gasteiger partial charge is 0.274 e. The monoisotopic (exact) mass is 340 g/mol. The fraction of sp³-hybridized carbons (Fsp3) is 0.235. The van der Waals surface area contributed by atoms with Crippen LogP contribution in [0, 0.1) is 5.82 Å². The summed E-state index contributed by atoms with van der Waals surface area (Å²) in [5.41, 5.74) is 1.45. The van der Waals surface area contributed by atoms with Gasteiger partial charge in [0.25, 0.3) is 5.91 Å². The van der Waals surface area contributed by atoms with Gasteiger partial charge in [0.1, 0.15) is 24.2 Å². The van der Waals surface area contributed by atoms with Crippen LogP contribution in [0.25, 0.3) is 5.65 Å². The summed E-state index contributed by atoms with van der Waals surface area (Å²) in [4.78, 5) is 18.6. The molecule has 2 aliphatic heterocycles. The number of halogens is 1. The predicted molar refractivity (Wildman–Crippen MR) is 84.1 cm³/mol. The predicted octanol–water partition coefficient (Wildman–Crippen LogP) is 1.84. The number of rotatable bonds is 0. The molecule has 0 saturated carbocycles. The van der Waals surface area contributed by atoms with Crippen LogP contribution in [0.4, 0.5) is 4.39 Å².